The second kappa shape index (κ2) is 4.09. The number of amides is 2. The van der Waals surface area contributed by atoms with Crippen molar-refractivity contribution >= 4 is 11.8 Å². The van der Waals surface area contributed by atoms with Gasteiger partial charge >= 0.3 is 0 Å². The molecule has 0 radical (unpaired) electrons. The Bertz CT molecular complexity index is 543. The Hall–Kier alpha value is -2.63. The fourth-order valence-electron chi connectivity index (χ4n) is 1.50. The predicted molar refractivity (Wildman–Crippen MR) is 59.0 cm³/mol. The minimum Gasteiger partial charge on any atom is -0.364 e. The minimum atomic E-state index is -0.802. The number of hydrogen-bond acceptors (Lipinski definition) is 4. The first-order chi connectivity index (χ1) is 8.11. The molecular weight excluding hydrogens is 222 g/mol. The molecule has 0 saturated heterocycles. The number of aromatic nitrogens is 1. The lowest BCUT2D eigenvalue weighted by molar-refractivity contribution is 0.0957. The van der Waals surface area contributed by atoms with Crippen molar-refractivity contribution in [3.8, 4) is 11.1 Å². The van der Waals surface area contributed by atoms with Gasteiger partial charge in [0.25, 0.3) is 11.8 Å². The first-order valence-electron chi connectivity index (χ1n) is 4.76. The minimum absolute atomic E-state index is 0.106. The molecular formula is C11H9N3O3. The van der Waals surface area contributed by atoms with E-state index in [4.69, 9.17) is 16.0 Å². The van der Waals surface area contributed by atoms with Gasteiger partial charge in [-0.15, -0.1) is 0 Å². The lowest BCUT2D eigenvalue weighted by Gasteiger charge is -1.99. The van der Waals surface area contributed by atoms with Crippen LogP contribution in [0.5, 0.6) is 0 Å². The largest absolute Gasteiger partial charge is 0.364 e. The van der Waals surface area contributed by atoms with Crippen LogP contribution in [0.15, 0.2) is 34.9 Å². The molecule has 4 N–H and O–H groups in total. The molecule has 86 valence electrons. The molecule has 0 saturated carbocycles. The summed E-state index contributed by atoms with van der Waals surface area (Å²) in [7, 11) is 0. The highest BCUT2D eigenvalue weighted by Gasteiger charge is 2.24. The molecule has 2 amide bonds. The zero-order chi connectivity index (χ0) is 12.4. The molecule has 0 spiro atoms. The maximum absolute atomic E-state index is 11.2. The van der Waals surface area contributed by atoms with Crippen LogP contribution in [0.25, 0.3) is 11.1 Å². The Balaban J connectivity index is 2.69. The van der Waals surface area contributed by atoms with E-state index in [0.717, 1.165) is 0 Å². The van der Waals surface area contributed by atoms with Crippen LogP contribution in [-0.2, 0) is 0 Å². The van der Waals surface area contributed by atoms with Gasteiger partial charge in [-0.25, -0.2) is 0 Å². The van der Waals surface area contributed by atoms with E-state index in [9.17, 15) is 9.59 Å². The Morgan fingerprint density at radius 3 is 2.24 bits per heavy atom. The van der Waals surface area contributed by atoms with Crippen molar-refractivity contribution in [3.05, 3.63) is 41.8 Å². The Morgan fingerprint density at radius 1 is 1.06 bits per heavy atom. The van der Waals surface area contributed by atoms with Gasteiger partial charge in [-0.1, -0.05) is 35.5 Å². The highest BCUT2D eigenvalue weighted by atomic mass is 16.5. The maximum Gasteiger partial charge on any atom is 0.288 e. The molecule has 0 aliphatic rings. The molecule has 0 bridgehead atoms. The molecule has 1 heterocycles. The quantitative estimate of drug-likeness (QED) is 0.802. The van der Waals surface area contributed by atoms with Crippen molar-refractivity contribution in [2.75, 3.05) is 0 Å². The molecule has 6 heteroatoms. The molecule has 1 aromatic heterocycles. The maximum atomic E-state index is 11.2. The fraction of sp³-hybridized carbons (Fsp3) is 0. The second-order valence-electron chi connectivity index (χ2n) is 3.33. The number of hydrogen-bond donors (Lipinski definition) is 2. The van der Waals surface area contributed by atoms with Crippen LogP contribution in [-0.4, -0.2) is 17.0 Å². The van der Waals surface area contributed by atoms with Crippen molar-refractivity contribution in [2.24, 2.45) is 11.5 Å². The van der Waals surface area contributed by atoms with E-state index < -0.39 is 11.8 Å². The standard InChI is InChI=1S/C11H9N3O3/c12-10(15)8-7(6-4-2-1-3-5-6)9(11(13)16)17-14-8/h1-5H,(H2,12,15)(H2,13,16). The Labute approximate surface area is 96.2 Å². The van der Waals surface area contributed by atoms with E-state index in [2.05, 4.69) is 5.16 Å². The topological polar surface area (TPSA) is 112 Å². The van der Waals surface area contributed by atoms with Gasteiger partial charge < -0.3 is 16.0 Å². The van der Waals surface area contributed by atoms with Crippen LogP contribution in [0.2, 0.25) is 0 Å². The molecule has 0 aliphatic heterocycles. The van der Waals surface area contributed by atoms with Gasteiger partial charge in [-0.05, 0) is 5.56 Å². The average Bonchev–Trinajstić information content (AvgIpc) is 2.74. The molecule has 17 heavy (non-hydrogen) atoms. The molecule has 0 atom stereocenters. The lowest BCUT2D eigenvalue weighted by Crippen LogP contribution is -2.15. The average molecular weight is 231 g/mol. The van der Waals surface area contributed by atoms with Crippen molar-refractivity contribution < 1.29 is 14.1 Å². The number of nitrogens with two attached hydrogens (primary N) is 2. The van der Waals surface area contributed by atoms with Crippen molar-refractivity contribution in [3.63, 3.8) is 0 Å². The van der Waals surface area contributed by atoms with Crippen LogP contribution in [0, 0.1) is 0 Å². The molecule has 0 fully saturated rings. The van der Waals surface area contributed by atoms with E-state index in [-0.39, 0.29) is 17.0 Å². The Kier molecular flexibility index (Phi) is 2.61. The third-order valence-corrected chi connectivity index (χ3v) is 2.21. The summed E-state index contributed by atoms with van der Waals surface area (Å²) in [6.07, 6.45) is 0. The van der Waals surface area contributed by atoms with Crippen molar-refractivity contribution in [2.45, 2.75) is 0 Å². The van der Waals surface area contributed by atoms with E-state index in [1.807, 2.05) is 0 Å². The monoisotopic (exact) mass is 231 g/mol. The summed E-state index contributed by atoms with van der Waals surface area (Å²) in [5.74, 6) is -1.76. The van der Waals surface area contributed by atoms with Gasteiger partial charge in [0.05, 0.1) is 5.56 Å². The van der Waals surface area contributed by atoms with Crippen LogP contribution >= 0.6 is 0 Å². The summed E-state index contributed by atoms with van der Waals surface area (Å²) in [5.41, 5.74) is 11.0. The van der Waals surface area contributed by atoms with Crippen LogP contribution in [0.1, 0.15) is 21.0 Å². The van der Waals surface area contributed by atoms with Crippen LogP contribution in [0.3, 0.4) is 0 Å². The number of primary amides is 2. The highest BCUT2D eigenvalue weighted by molar-refractivity contribution is 6.05. The Morgan fingerprint density at radius 2 is 1.71 bits per heavy atom. The zero-order valence-electron chi connectivity index (χ0n) is 8.71. The van der Waals surface area contributed by atoms with E-state index in [0.29, 0.717) is 5.56 Å². The molecule has 6 nitrogen and oxygen atoms in total. The number of rotatable bonds is 3. The summed E-state index contributed by atoms with van der Waals surface area (Å²) in [4.78, 5) is 22.3. The number of carbonyl (C=O) groups is 2. The van der Waals surface area contributed by atoms with Crippen LogP contribution < -0.4 is 11.5 Å². The normalized spacial score (nSPS) is 10.1. The smallest absolute Gasteiger partial charge is 0.288 e. The summed E-state index contributed by atoms with van der Waals surface area (Å²) in [6.45, 7) is 0. The zero-order valence-corrected chi connectivity index (χ0v) is 8.71. The highest BCUT2D eigenvalue weighted by Crippen LogP contribution is 2.26. The van der Waals surface area contributed by atoms with Gasteiger partial charge in [-0.2, -0.15) is 0 Å². The molecule has 2 rings (SSSR count). The number of benzene rings is 1. The molecule has 0 unspecified atom stereocenters. The molecule has 0 aliphatic carbocycles. The third kappa shape index (κ3) is 1.87. The van der Waals surface area contributed by atoms with Crippen LogP contribution in [0.4, 0.5) is 0 Å². The fourth-order valence-corrected chi connectivity index (χ4v) is 1.50. The van der Waals surface area contributed by atoms with Gasteiger partial charge in [-0.3, -0.25) is 9.59 Å². The third-order valence-electron chi connectivity index (χ3n) is 2.21. The second-order valence-corrected chi connectivity index (χ2v) is 3.33. The number of nitrogens with zero attached hydrogens (tertiary/aromatic N) is 1. The van der Waals surface area contributed by atoms with Gasteiger partial charge in [0.15, 0.2) is 5.69 Å². The van der Waals surface area contributed by atoms with E-state index >= 15 is 0 Å². The van der Waals surface area contributed by atoms with Crippen molar-refractivity contribution in [1.29, 1.82) is 0 Å². The summed E-state index contributed by atoms with van der Waals surface area (Å²) >= 11 is 0. The van der Waals surface area contributed by atoms with E-state index in [1.165, 1.54) is 0 Å². The summed E-state index contributed by atoms with van der Waals surface area (Å²) < 4.78 is 4.75. The molecule has 1 aromatic carbocycles. The van der Waals surface area contributed by atoms with Gasteiger partial charge in [0.2, 0.25) is 5.76 Å². The first-order valence-corrected chi connectivity index (χ1v) is 4.76. The first kappa shape index (κ1) is 10.9. The number of carbonyl (C=O) groups excluding carboxylic acids is 2. The SMILES string of the molecule is NC(=O)c1noc(C(N)=O)c1-c1ccccc1. The van der Waals surface area contributed by atoms with Crippen molar-refractivity contribution in [1.82, 2.24) is 5.16 Å². The summed E-state index contributed by atoms with van der Waals surface area (Å²) in [5, 5.41) is 3.46. The lowest BCUT2D eigenvalue weighted by atomic mass is 10.0. The molecule has 2 aromatic rings. The van der Waals surface area contributed by atoms with E-state index in [1.54, 1.807) is 30.3 Å². The van der Waals surface area contributed by atoms with Gasteiger partial charge in [0.1, 0.15) is 0 Å². The van der Waals surface area contributed by atoms with Gasteiger partial charge in [0, 0.05) is 0 Å². The predicted octanol–water partition coefficient (Wildman–Crippen LogP) is 0.539. The summed E-state index contributed by atoms with van der Waals surface area (Å²) in [6, 6.07) is 8.69.